The van der Waals surface area contributed by atoms with Crippen molar-refractivity contribution in [3.63, 3.8) is 0 Å². The third-order valence-electron chi connectivity index (χ3n) is 5.18. The van der Waals surface area contributed by atoms with Gasteiger partial charge in [0.1, 0.15) is 6.54 Å². The van der Waals surface area contributed by atoms with Gasteiger partial charge in [0.15, 0.2) is 0 Å². The van der Waals surface area contributed by atoms with E-state index in [1.807, 2.05) is 0 Å². The van der Waals surface area contributed by atoms with Crippen LogP contribution in [0.5, 0.6) is 0 Å². The Morgan fingerprint density at radius 1 is 1.04 bits per heavy atom. The molecule has 0 unspecified atom stereocenters. The first-order valence-electron chi connectivity index (χ1n) is 8.54. The fourth-order valence-corrected chi connectivity index (χ4v) is 3.72. The first-order valence-corrected chi connectivity index (χ1v) is 8.54. The molecule has 3 amide bonds. The lowest BCUT2D eigenvalue weighted by atomic mass is 9.92. The van der Waals surface area contributed by atoms with Crippen molar-refractivity contribution in [1.29, 1.82) is 0 Å². The molecule has 0 saturated carbocycles. The molecule has 2 fully saturated rings. The van der Waals surface area contributed by atoms with Crippen LogP contribution in [0.25, 0.3) is 0 Å². The summed E-state index contributed by atoms with van der Waals surface area (Å²) >= 11 is 0. The standard InChI is InChI=1S/C18H20N2O5/c21-15(19-7-10-25-18(12-19)5-8-24-9-6-18)11-20-16(22)13-3-1-2-4-14(13)17(20)23/h1-4H,5-12H2. The molecular formula is C18H20N2O5. The first-order chi connectivity index (χ1) is 12.1. The van der Waals surface area contributed by atoms with Crippen molar-refractivity contribution >= 4 is 17.7 Å². The zero-order valence-electron chi connectivity index (χ0n) is 13.9. The largest absolute Gasteiger partial charge is 0.381 e. The van der Waals surface area contributed by atoms with Crippen LogP contribution in [0.4, 0.5) is 0 Å². The summed E-state index contributed by atoms with van der Waals surface area (Å²) in [6, 6.07) is 6.66. The summed E-state index contributed by atoms with van der Waals surface area (Å²) in [7, 11) is 0. The lowest BCUT2D eigenvalue weighted by molar-refractivity contribution is -0.168. The second kappa shape index (κ2) is 6.24. The molecular weight excluding hydrogens is 324 g/mol. The summed E-state index contributed by atoms with van der Waals surface area (Å²) in [5.74, 6) is -1.02. The number of rotatable bonds is 2. The SMILES string of the molecule is O=C(CN1C(=O)c2ccccc2C1=O)N1CCOC2(CCOCC2)C1. The third kappa shape index (κ3) is 2.83. The van der Waals surface area contributed by atoms with E-state index in [2.05, 4.69) is 0 Å². The van der Waals surface area contributed by atoms with Crippen LogP contribution in [0.2, 0.25) is 0 Å². The van der Waals surface area contributed by atoms with Gasteiger partial charge in [-0.15, -0.1) is 0 Å². The summed E-state index contributed by atoms with van der Waals surface area (Å²) in [5.41, 5.74) is 0.375. The number of carbonyl (C=O) groups is 3. The normalized spacial score (nSPS) is 22.4. The van der Waals surface area contributed by atoms with Crippen LogP contribution in [0.15, 0.2) is 24.3 Å². The molecule has 2 saturated heterocycles. The number of fused-ring (bicyclic) bond motifs is 1. The predicted octanol–water partition coefficient (Wildman–Crippen LogP) is 0.691. The van der Waals surface area contributed by atoms with Crippen LogP contribution in [0.1, 0.15) is 33.6 Å². The Hall–Kier alpha value is -2.25. The van der Waals surface area contributed by atoms with Crippen molar-refractivity contribution in [1.82, 2.24) is 9.80 Å². The van der Waals surface area contributed by atoms with E-state index in [-0.39, 0.29) is 18.1 Å². The molecule has 7 heteroatoms. The molecule has 4 rings (SSSR count). The molecule has 3 heterocycles. The second-order valence-electron chi connectivity index (χ2n) is 6.70. The van der Waals surface area contributed by atoms with Crippen LogP contribution in [-0.4, -0.2) is 72.6 Å². The summed E-state index contributed by atoms with van der Waals surface area (Å²) < 4.78 is 11.3. The molecule has 0 bridgehead atoms. The number of hydrogen-bond acceptors (Lipinski definition) is 5. The lowest BCUT2D eigenvalue weighted by Crippen LogP contribution is -2.57. The van der Waals surface area contributed by atoms with Gasteiger partial charge in [0, 0.05) is 39.1 Å². The number of carbonyl (C=O) groups excluding carboxylic acids is 3. The molecule has 0 aliphatic carbocycles. The summed E-state index contributed by atoms with van der Waals surface area (Å²) in [6.07, 6.45) is 1.51. The molecule has 0 aromatic heterocycles. The highest BCUT2D eigenvalue weighted by Gasteiger charge is 2.42. The molecule has 0 radical (unpaired) electrons. The van der Waals surface area contributed by atoms with Gasteiger partial charge < -0.3 is 14.4 Å². The number of ether oxygens (including phenoxy) is 2. The van der Waals surface area contributed by atoms with Gasteiger partial charge in [-0.2, -0.15) is 0 Å². The molecule has 25 heavy (non-hydrogen) atoms. The van der Waals surface area contributed by atoms with Gasteiger partial charge in [0.2, 0.25) is 5.91 Å². The average molecular weight is 344 g/mol. The maximum Gasteiger partial charge on any atom is 0.262 e. The van der Waals surface area contributed by atoms with Crippen LogP contribution in [-0.2, 0) is 14.3 Å². The number of amides is 3. The van der Waals surface area contributed by atoms with Gasteiger partial charge in [-0.1, -0.05) is 12.1 Å². The predicted molar refractivity (Wildman–Crippen MR) is 87.1 cm³/mol. The van der Waals surface area contributed by atoms with E-state index in [0.29, 0.717) is 44.0 Å². The van der Waals surface area contributed by atoms with Crippen molar-refractivity contribution in [2.45, 2.75) is 18.4 Å². The van der Waals surface area contributed by atoms with E-state index in [1.165, 1.54) is 0 Å². The smallest absolute Gasteiger partial charge is 0.262 e. The van der Waals surface area contributed by atoms with E-state index in [1.54, 1.807) is 29.2 Å². The molecule has 3 aliphatic heterocycles. The minimum atomic E-state index is -0.400. The Balaban J connectivity index is 1.46. The monoisotopic (exact) mass is 344 g/mol. The Morgan fingerprint density at radius 2 is 1.68 bits per heavy atom. The van der Waals surface area contributed by atoms with E-state index in [0.717, 1.165) is 17.7 Å². The number of nitrogens with zero attached hydrogens (tertiary/aromatic N) is 2. The van der Waals surface area contributed by atoms with Gasteiger partial charge in [0.05, 0.1) is 23.3 Å². The Morgan fingerprint density at radius 3 is 2.32 bits per heavy atom. The lowest BCUT2D eigenvalue weighted by Gasteiger charge is -2.45. The molecule has 0 atom stereocenters. The van der Waals surface area contributed by atoms with Crippen molar-refractivity contribution in [3.8, 4) is 0 Å². The van der Waals surface area contributed by atoms with Crippen LogP contribution >= 0.6 is 0 Å². The fourth-order valence-electron chi connectivity index (χ4n) is 3.72. The molecule has 1 aromatic carbocycles. The minimum Gasteiger partial charge on any atom is -0.381 e. The fraction of sp³-hybridized carbons (Fsp3) is 0.500. The maximum atomic E-state index is 12.7. The molecule has 1 spiro atoms. The second-order valence-corrected chi connectivity index (χ2v) is 6.70. The minimum absolute atomic E-state index is 0.219. The Kier molecular flexibility index (Phi) is 4.05. The van der Waals surface area contributed by atoms with Crippen molar-refractivity contribution in [3.05, 3.63) is 35.4 Å². The average Bonchev–Trinajstić information content (AvgIpc) is 2.88. The summed E-state index contributed by atoms with van der Waals surface area (Å²) in [6.45, 7) is 2.45. The number of hydrogen-bond donors (Lipinski definition) is 0. The van der Waals surface area contributed by atoms with Gasteiger partial charge >= 0.3 is 0 Å². The topological polar surface area (TPSA) is 76.2 Å². The zero-order valence-corrected chi connectivity index (χ0v) is 13.9. The van der Waals surface area contributed by atoms with Gasteiger partial charge in [0.25, 0.3) is 11.8 Å². The van der Waals surface area contributed by atoms with Crippen molar-refractivity contribution < 1.29 is 23.9 Å². The van der Waals surface area contributed by atoms with Crippen LogP contribution in [0, 0.1) is 0 Å². The summed E-state index contributed by atoms with van der Waals surface area (Å²) in [5, 5.41) is 0. The molecule has 0 N–H and O–H groups in total. The summed E-state index contributed by atoms with van der Waals surface area (Å²) in [4.78, 5) is 40.3. The van der Waals surface area contributed by atoms with Crippen LogP contribution in [0.3, 0.4) is 0 Å². The zero-order chi connectivity index (χ0) is 17.4. The van der Waals surface area contributed by atoms with Gasteiger partial charge in [-0.25, -0.2) is 0 Å². The van der Waals surface area contributed by atoms with Crippen molar-refractivity contribution in [2.75, 3.05) is 39.5 Å². The number of imide groups is 1. The Bertz CT molecular complexity index is 685. The molecule has 3 aliphatic rings. The van der Waals surface area contributed by atoms with Gasteiger partial charge in [-0.3, -0.25) is 19.3 Å². The third-order valence-corrected chi connectivity index (χ3v) is 5.18. The number of benzene rings is 1. The highest BCUT2D eigenvalue weighted by atomic mass is 16.5. The number of morpholine rings is 1. The van der Waals surface area contributed by atoms with Gasteiger partial charge in [-0.05, 0) is 12.1 Å². The molecule has 1 aromatic rings. The van der Waals surface area contributed by atoms with E-state index < -0.39 is 11.8 Å². The highest BCUT2D eigenvalue weighted by Crippen LogP contribution is 2.29. The molecule has 132 valence electrons. The quantitative estimate of drug-likeness (QED) is 0.738. The Labute approximate surface area is 145 Å². The highest BCUT2D eigenvalue weighted by molar-refractivity contribution is 6.22. The first kappa shape index (κ1) is 16.2. The maximum absolute atomic E-state index is 12.7. The van der Waals surface area contributed by atoms with Crippen molar-refractivity contribution in [2.24, 2.45) is 0 Å². The van der Waals surface area contributed by atoms with E-state index in [9.17, 15) is 14.4 Å². The van der Waals surface area contributed by atoms with E-state index >= 15 is 0 Å². The van der Waals surface area contributed by atoms with Crippen LogP contribution < -0.4 is 0 Å². The van der Waals surface area contributed by atoms with E-state index in [4.69, 9.17) is 9.47 Å². The molecule has 7 nitrogen and oxygen atoms in total.